The molecule has 0 fully saturated rings. The van der Waals surface area contributed by atoms with Crippen LogP contribution in [0.5, 0.6) is 0 Å². The summed E-state index contributed by atoms with van der Waals surface area (Å²) in [7, 11) is 0. The Labute approximate surface area is 119 Å². The van der Waals surface area contributed by atoms with Crippen molar-refractivity contribution in [2.75, 3.05) is 24.6 Å². The first kappa shape index (κ1) is 14.4. The number of fused-ring (bicyclic) bond motifs is 1. The van der Waals surface area contributed by atoms with Gasteiger partial charge in [-0.15, -0.1) is 0 Å². The number of hydrogen-bond acceptors (Lipinski definition) is 6. The molecule has 108 valence electrons. The van der Waals surface area contributed by atoms with Crippen LogP contribution in [0.25, 0.3) is 11.2 Å². The maximum absolute atomic E-state index is 11.9. The highest BCUT2D eigenvalue weighted by Gasteiger charge is 2.13. The van der Waals surface area contributed by atoms with Gasteiger partial charge < -0.3 is 15.6 Å². The number of amides is 1. The number of imidazole rings is 1. The second kappa shape index (κ2) is 5.95. The fourth-order valence-electron chi connectivity index (χ4n) is 1.77. The van der Waals surface area contributed by atoms with Gasteiger partial charge in [0, 0.05) is 13.1 Å². The number of nitrogens with one attached hydrogen (secondary N) is 2. The van der Waals surface area contributed by atoms with Crippen molar-refractivity contribution in [1.29, 1.82) is 0 Å². The Morgan fingerprint density at radius 1 is 1.30 bits per heavy atom. The van der Waals surface area contributed by atoms with Crippen LogP contribution < -0.4 is 11.3 Å². The minimum Gasteiger partial charge on any atom is -0.369 e. The van der Waals surface area contributed by atoms with Crippen molar-refractivity contribution in [2.45, 2.75) is 19.0 Å². The summed E-state index contributed by atoms with van der Waals surface area (Å²) in [6, 6.07) is 0. The molecule has 9 heteroatoms. The number of H-pyrrole nitrogens is 2. The number of nitrogens with zero attached hydrogens (tertiary/aromatic N) is 3. The molecule has 0 bridgehead atoms. The summed E-state index contributed by atoms with van der Waals surface area (Å²) in [6.07, 6.45) is 0. The zero-order chi connectivity index (χ0) is 14.7. The van der Waals surface area contributed by atoms with Crippen molar-refractivity contribution < 1.29 is 4.79 Å². The summed E-state index contributed by atoms with van der Waals surface area (Å²) in [5.41, 5.74) is 5.59. The van der Waals surface area contributed by atoms with Crippen molar-refractivity contribution in [1.82, 2.24) is 24.8 Å². The predicted molar refractivity (Wildman–Crippen MR) is 77.6 cm³/mol. The van der Waals surface area contributed by atoms with Crippen LogP contribution in [0, 0.1) is 0 Å². The summed E-state index contributed by atoms with van der Waals surface area (Å²) in [6.45, 7) is 5.21. The Bertz CT molecular complexity index is 675. The van der Waals surface area contributed by atoms with Crippen LogP contribution in [0.1, 0.15) is 13.8 Å². The summed E-state index contributed by atoms with van der Waals surface area (Å²) in [5, 5.41) is 0.476. The number of carbonyl (C=O) groups is 1. The van der Waals surface area contributed by atoms with Gasteiger partial charge in [0.15, 0.2) is 16.3 Å². The van der Waals surface area contributed by atoms with Crippen molar-refractivity contribution in [2.24, 2.45) is 0 Å². The smallest absolute Gasteiger partial charge is 0.278 e. The lowest BCUT2D eigenvalue weighted by atomic mass is 10.5. The van der Waals surface area contributed by atoms with Gasteiger partial charge in [0.1, 0.15) is 0 Å². The molecular weight excluding hydrogens is 280 g/mol. The van der Waals surface area contributed by atoms with Crippen LogP contribution in [0.4, 0.5) is 5.95 Å². The van der Waals surface area contributed by atoms with E-state index in [0.29, 0.717) is 18.2 Å². The molecule has 0 spiro atoms. The third kappa shape index (κ3) is 2.93. The molecule has 0 aliphatic carbocycles. The van der Waals surface area contributed by atoms with Crippen molar-refractivity contribution in [3.63, 3.8) is 0 Å². The monoisotopic (exact) mass is 296 g/mol. The molecule has 2 rings (SSSR count). The standard InChI is InChI=1S/C11H16N6O2S/c1-3-17(4-2)6(18)5-20-11-13-7-8(15-11)14-10(12)16-9(7)19/h3-5H2,1-2H3,(H4,12,13,14,15,16,19). The van der Waals surface area contributed by atoms with Gasteiger partial charge in [-0.1, -0.05) is 11.8 Å². The SMILES string of the molecule is CCN(CC)C(=O)CSc1nc2nc(N)[nH]c(=O)c2[nH]1. The summed E-state index contributed by atoms with van der Waals surface area (Å²) >= 11 is 1.24. The Morgan fingerprint density at radius 2 is 2.00 bits per heavy atom. The number of rotatable bonds is 5. The highest BCUT2D eigenvalue weighted by atomic mass is 32.2. The maximum Gasteiger partial charge on any atom is 0.278 e. The number of aromatic amines is 2. The summed E-state index contributed by atoms with van der Waals surface area (Å²) in [5.74, 6) is 0.307. The van der Waals surface area contributed by atoms with Crippen LogP contribution in [-0.4, -0.2) is 49.6 Å². The number of nitrogens with two attached hydrogens (primary N) is 1. The van der Waals surface area contributed by atoms with Crippen LogP contribution in [-0.2, 0) is 4.79 Å². The Morgan fingerprint density at radius 3 is 2.65 bits per heavy atom. The average molecular weight is 296 g/mol. The van der Waals surface area contributed by atoms with Crippen molar-refractivity contribution in [3.05, 3.63) is 10.4 Å². The molecule has 2 aromatic heterocycles. The molecule has 20 heavy (non-hydrogen) atoms. The molecule has 1 amide bonds. The van der Waals surface area contributed by atoms with Gasteiger partial charge in [0.25, 0.3) is 5.56 Å². The predicted octanol–water partition coefficient (Wildman–Crippen LogP) is 0.189. The number of aromatic nitrogens is 4. The van der Waals surface area contributed by atoms with Gasteiger partial charge in [-0.2, -0.15) is 4.98 Å². The molecule has 2 heterocycles. The quantitative estimate of drug-likeness (QED) is 0.677. The van der Waals surface area contributed by atoms with Gasteiger partial charge in [0.2, 0.25) is 11.9 Å². The summed E-state index contributed by atoms with van der Waals surface area (Å²) < 4.78 is 0. The molecule has 0 unspecified atom stereocenters. The highest BCUT2D eigenvalue weighted by Crippen LogP contribution is 2.17. The van der Waals surface area contributed by atoms with E-state index in [-0.39, 0.29) is 34.3 Å². The number of carbonyl (C=O) groups excluding carboxylic acids is 1. The Balaban J connectivity index is 2.13. The van der Waals surface area contributed by atoms with E-state index in [4.69, 9.17) is 5.73 Å². The molecule has 0 radical (unpaired) electrons. The Kier molecular flexibility index (Phi) is 4.28. The number of anilines is 1. The zero-order valence-electron chi connectivity index (χ0n) is 11.3. The largest absolute Gasteiger partial charge is 0.369 e. The number of nitrogen functional groups attached to an aromatic ring is 1. The van der Waals surface area contributed by atoms with E-state index in [2.05, 4.69) is 19.9 Å². The lowest BCUT2D eigenvalue weighted by Crippen LogP contribution is -2.31. The van der Waals surface area contributed by atoms with E-state index in [1.807, 2.05) is 13.8 Å². The fraction of sp³-hybridized carbons (Fsp3) is 0.455. The molecule has 8 nitrogen and oxygen atoms in total. The van der Waals surface area contributed by atoms with E-state index < -0.39 is 0 Å². The molecule has 0 atom stereocenters. The van der Waals surface area contributed by atoms with Gasteiger partial charge >= 0.3 is 0 Å². The van der Waals surface area contributed by atoms with Crippen LogP contribution >= 0.6 is 11.8 Å². The molecule has 4 N–H and O–H groups in total. The van der Waals surface area contributed by atoms with Gasteiger partial charge in [-0.25, -0.2) is 4.98 Å². The lowest BCUT2D eigenvalue weighted by molar-refractivity contribution is -0.127. The van der Waals surface area contributed by atoms with E-state index >= 15 is 0 Å². The fourth-order valence-corrected chi connectivity index (χ4v) is 2.54. The van der Waals surface area contributed by atoms with Crippen LogP contribution in [0.2, 0.25) is 0 Å². The van der Waals surface area contributed by atoms with Crippen molar-refractivity contribution in [3.8, 4) is 0 Å². The molecule has 0 aliphatic heterocycles. The highest BCUT2D eigenvalue weighted by molar-refractivity contribution is 7.99. The van der Waals surface area contributed by atoms with E-state index in [1.54, 1.807) is 4.90 Å². The summed E-state index contributed by atoms with van der Waals surface area (Å²) in [4.78, 5) is 38.5. The maximum atomic E-state index is 11.9. The number of thioether (sulfide) groups is 1. The second-order valence-electron chi connectivity index (χ2n) is 4.05. The van der Waals surface area contributed by atoms with E-state index in [0.717, 1.165) is 0 Å². The third-order valence-corrected chi connectivity index (χ3v) is 3.66. The van der Waals surface area contributed by atoms with E-state index in [1.165, 1.54) is 11.8 Å². The first-order valence-corrected chi connectivity index (χ1v) is 7.19. The molecule has 0 saturated carbocycles. The molecule has 0 aromatic carbocycles. The van der Waals surface area contributed by atoms with Crippen molar-refractivity contribution >= 4 is 34.8 Å². The normalized spacial score (nSPS) is 10.9. The minimum absolute atomic E-state index is 0.0183. The first-order chi connectivity index (χ1) is 9.55. The topological polar surface area (TPSA) is 121 Å². The third-order valence-electron chi connectivity index (χ3n) is 2.81. The molecule has 0 aliphatic rings. The number of hydrogen-bond donors (Lipinski definition) is 3. The molecule has 2 aromatic rings. The molecular formula is C11H16N6O2S. The zero-order valence-corrected chi connectivity index (χ0v) is 12.1. The minimum atomic E-state index is -0.373. The second-order valence-corrected chi connectivity index (χ2v) is 5.01. The van der Waals surface area contributed by atoms with Gasteiger partial charge in [-0.05, 0) is 13.8 Å². The average Bonchev–Trinajstić information content (AvgIpc) is 2.81. The van der Waals surface area contributed by atoms with E-state index in [9.17, 15) is 9.59 Å². The van der Waals surface area contributed by atoms with Crippen LogP contribution in [0.15, 0.2) is 9.95 Å². The Hall–Kier alpha value is -2.03. The lowest BCUT2D eigenvalue weighted by Gasteiger charge is -2.17. The van der Waals surface area contributed by atoms with Gasteiger partial charge in [0.05, 0.1) is 5.75 Å². The molecule has 0 saturated heterocycles. The van der Waals surface area contributed by atoms with Crippen LogP contribution in [0.3, 0.4) is 0 Å². The first-order valence-electron chi connectivity index (χ1n) is 6.21. The van der Waals surface area contributed by atoms with Gasteiger partial charge in [-0.3, -0.25) is 14.6 Å².